The number of methoxy groups -OCH3 is 1. The second-order valence-corrected chi connectivity index (χ2v) is 3.59. The van der Waals surface area contributed by atoms with Gasteiger partial charge in [0, 0.05) is 16.8 Å². The number of aromatic amines is 1. The Kier molecular flexibility index (Phi) is 3.67. The van der Waals surface area contributed by atoms with Crippen LogP contribution in [0.5, 0.6) is 0 Å². The number of Topliss-reactive ketones (excluding diaryl/α,β-unsaturated/α-hetero) is 1. The molecule has 0 saturated carbocycles. The molecule has 92 valence electrons. The molecule has 0 aliphatic rings. The monoisotopic (exact) mass is 239 g/mol. The van der Waals surface area contributed by atoms with Crippen LogP contribution < -0.4 is 0 Å². The quantitative estimate of drug-likeness (QED) is 0.602. The number of hydrogen-bond acceptors (Lipinski definition) is 4. The summed E-state index contributed by atoms with van der Waals surface area (Å²) >= 11 is 0. The highest BCUT2D eigenvalue weighted by molar-refractivity contribution is 6.02. The second-order valence-electron chi connectivity index (χ2n) is 3.59. The van der Waals surface area contributed by atoms with E-state index in [1.165, 1.54) is 14.0 Å². The lowest BCUT2D eigenvalue weighted by atomic mass is 10.0. The van der Waals surface area contributed by atoms with Crippen molar-refractivity contribution in [2.24, 2.45) is 0 Å². The van der Waals surface area contributed by atoms with Crippen LogP contribution in [0.4, 0.5) is 0 Å². The van der Waals surface area contributed by atoms with Gasteiger partial charge in [0.05, 0.1) is 13.5 Å². The van der Waals surface area contributed by atoms with Crippen molar-refractivity contribution in [2.45, 2.75) is 20.3 Å². The molecule has 0 saturated heterocycles. The van der Waals surface area contributed by atoms with Crippen LogP contribution in [0.15, 0.2) is 0 Å². The molecule has 0 aromatic carbocycles. The minimum absolute atomic E-state index is 0.141. The molecule has 0 aliphatic carbocycles. The Morgan fingerprint density at radius 3 is 2.35 bits per heavy atom. The summed E-state index contributed by atoms with van der Waals surface area (Å²) in [7, 11) is 1.20. The van der Waals surface area contributed by atoms with Gasteiger partial charge in [0.2, 0.25) is 0 Å². The predicted octanol–water partition coefficient (Wildman–Crippen LogP) is 0.939. The van der Waals surface area contributed by atoms with Crippen molar-refractivity contribution >= 4 is 17.7 Å². The summed E-state index contributed by atoms with van der Waals surface area (Å²) in [6.07, 6.45) is -0.239. The number of aryl methyl sites for hydroxylation is 1. The van der Waals surface area contributed by atoms with Crippen LogP contribution in [0.2, 0.25) is 0 Å². The smallest absolute Gasteiger partial charge is 0.352 e. The van der Waals surface area contributed by atoms with E-state index in [4.69, 9.17) is 5.11 Å². The second kappa shape index (κ2) is 4.82. The molecule has 17 heavy (non-hydrogen) atoms. The Morgan fingerprint density at radius 1 is 1.35 bits per heavy atom. The fourth-order valence-electron chi connectivity index (χ4n) is 1.73. The minimum atomic E-state index is -1.21. The van der Waals surface area contributed by atoms with Crippen molar-refractivity contribution in [3.63, 3.8) is 0 Å². The first-order valence-corrected chi connectivity index (χ1v) is 4.91. The summed E-state index contributed by atoms with van der Waals surface area (Å²) in [6, 6.07) is 0. The topological polar surface area (TPSA) is 96.5 Å². The number of aromatic nitrogens is 1. The van der Waals surface area contributed by atoms with E-state index in [1.54, 1.807) is 6.92 Å². The third kappa shape index (κ3) is 2.52. The third-order valence-corrected chi connectivity index (χ3v) is 2.41. The van der Waals surface area contributed by atoms with Crippen LogP contribution in [0.25, 0.3) is 0 Å². The van der Waals surface area contributed by atoms with E-state index in [-0.39, 0.29) is 29.0 Å². The first kappa shape index (κ1) is 13.0. The number of carboxylic acid groups (broad SMARTS) is 1. The molecule has 0 unspecified atom stereocenters. The van der Waals surface area contributed by atoms with Crippen molar-refractivity contribution in [3.8, 4) is 0 Å². The number of carbonyl (C=O) groups is 3. The SMILES string of the molecule is COC(=O)Cc1c(C(=O)O)[nH]c(C)c1C(C)=O. The zero-order valence-electron chi connectivity index (χ0n) is 9.79. The number of ether oxygens (including phenoxy) is 1. The number of ketones is 1. The molecule has 1 aromatic rings. The first-order valence-electron chi connectivity index (χ1n) is 4.91. The van der Waals surface area contributed by atoms with E-state index < -0.39 is 11.9 Å². The summed E-state index contributed by atoms with van der Waals surface area (Å²) < 4.78 is 4.48. The lowest BCUT2D eigenvalue weighted by Crippen LogP contribution is -2.11. The highest BCUT2D eigenvalue weighted by atomic mass is 16.5. The van der Waals surface area contributed by atoms with Crippen LogP contribution in [0.3, 0.4) is 0 Å². The normalized spacial score (nSPS) is 10.1. The van der Waals surface area contributed by atoms with Gasteiger partial charge in [-0.2, -0.15) is 0 Å². The maximum absolute atomic E-state index is 11.4. The number of aromatic carboxylic acids is 1. The van der Waals surface area contributed by atoms with Gasteiger partial charge in [-0.25, -0.2) is 4.79 Å². The maximum Gasteiger partial charge on any atom is 0.352 e. The van der Waals surface area contributed by atoms with Gasteiger partial charge in [-0.15, -0.1) is 0 Å². The zero-order valence-corrected chi connectivity index (χ0v) is 9.79. The summed E-state index contributed by atoms with van der Waals surface area (Å²) in [6.45, 7) is 2.91. The minimum Gasteiger partial charge on any atom is -0.477 e. The van der Waals surface area contributed by atoms with Gasteiger partial charge < -0.3 is 14.8 Å². The molecule has 0 atom stereocenters. The van der Waals surface area contributed by atoms with Gasteiger partial charge in [-0.05, 0) is 13.8 Å². The summed E-state index contributed by atoms with van der Waals surface area (Å²) in [4.78, 5) is 36.2. The maximum atomic E-state index is 11.4. The van der Waals surface area contributed by atoms with Gasteiger partial charge in [0.1, 0.15) is 5.69 Å². The fourth-order valence-corrected chi connectivity index (χ4v) is 1.73. The molecule has 2 N–H and O–H groups in total. The Bertz CT molecular complexity index is 486. The molecule has 0 spiro atoms. The standard InChI is InChI=1S/C11H13NO5/c1-5-9(6(2)13)7(4-8(14)17-3)10(12-5)11(15)16/h12H,4H2,1-3H3,(H,15,16). The Balaban J connectivity index is 3.35. The molecule has 1 aromatic heterocycles. The van der Waals surface area contributed by atoms with E-state index >= 15 is 0 Å². The molecule has 6 nitrogen and oxygen atoms in total. The average Bonchev–Trinajstić information content (AvgIpc) is 2.55. The summed E-state index contributed by atoms with van der Waals surface area (Å²) in [5.74, 6) is -2.08. The molecule has 0 bridgehead atoms. The molecular weight excluding hydrogens is 226 g/mol. The molecule has 1 rings (SSSR count). The van der Waals surface area contributed by atoms with Crippen LogP contribution in [-0.4, -0.2) is 34.9 Å². The molecule has 6 heteroatoms. The molecule has 0 aliphatic heterocycles. The number of hydrogen-bond donors (Lipinski definition) is 2. The average molecular weight is 239 g/mol. The Morgan fingerprint density at radius 2 is 1.94 bits per heavy atom. The number of esters is 1. The number of rotatable bonds is 4. The predicted molar refractivity (Wildman–Crippen MR) is 58.2 cm³/mol. The summed E-state index contributed by atoms with van der Waals surface area (Å²) in [5.41, 5.74) is 0.717. The van der Waals surface area contributed by atoms with E-state index in [1.807, 2.05) is 0 Å². The molecule has 0 radical (unpaired) electrons. The van der Waals surface area contributed by atoms with E-state index in [0.717, 1.165) is 0 Å². The lowest BCUT2D eigenvalue weighted by Gasteiger charge is -2.02. The fraction of sp³-hybridized carbons (Fsp3) is 0.364. The van der Waals surface area contributed by atoms with Crippen molar-refractivity contribution in [1.82, 2.24) is 4.98 Å². The first-order chi connectivity index (χ1) is 7.88. The third-order valence-electron chi connectivity index (χ3n) is 2.41. The molecule has 0 amide bonds. The van der Waals surface area contributed by atoms with Crippen LogP contribution in [0, 0.1) is 6.92 Å². The highest BCUT2D eigenvalue weighted by Gasteiger charge is 2.24. The van der Waals surface area contributed by atoms with Gasteiger partial charge in [-0.3, -0.25) is 9.59 Å². The van der Waals surface area contributed by atoms with Crippen LogP contribution in [-0.2, 0) is 16.0 Å². The van der Waals surface area contributed by atoms with Gasteiger partial charge in [-0.1, -0.05) is 0 Å². The molecule has 1 heterocycles. The number of carboxylic acids is 1. The van der Waals surface area contributed by atoms with Crippen LogP contribution in [0.1, 0.15) is 39.0 Å². The molecular formula is C11H13NO5. The zero-order chi connectivity index (χ0) is 13.2. The van der Waals surface area contributed by atoms with Crippen molar-refractivity contribution in [2.75, 3.05) is 7.11 Å². The van der Waals surface area contributed by atoms with Gasteiger partial charge >= 0.3 is 11.9 Å². The number of H-pyrrole nitrogens is 1. The van der Waals surface area contributed by atoms with Crippen molar-refractivity contribution in [3.05, 3.63) is 22.5 Å². The number of nitrogens with one attached hydrogen (secondary N) is 1. The van der Waals surface area contributed by atoms with E-state index in [0.29, 0.717) is 5.69 Å². The van der Waals surface area contributed by atoms with E-state index in [9.17, 15) is 14.4 Å². The number of carbonyl (C=O) groups excluding carboxylic acids is 2. The highest BCUT2D eigenvalue weighted by Crippen LogP contribution is 2.20. The largest absolute Gasteiger partial charge is 0.477 e. The van der Waals surface area contributed by atoms with Gasteiger partial charge in [0.15, 0.2) is 5.78 Å². The Hall–Kier alpha value is -2.11. The lowest BCUT2D eigenvalue weighted by molar-refractivity contribution is -0.139. The summed E-state index contributed by atoms with van der Waals surface area (Å²) in [5, 5.41) is 8.98. The van der Waals surface area contributed by atoms with Crippen molar-refractivity contribution in [1.29, 1.82) is 0 Å². The van der Waals surface area contributed by atoms with Crippen molar-refractivity contribution < 1.29 is 24.2 Å². The van der Waals surface area contributed by atoms with Crippen LogP contribution >= 0.6 is 0 Å². The van der Waals surface area contributed by atoms with E-state index in [2.05, 4.69) is 9.72 Å². The molecule has 0 fully saturated rings. The Labute approximate surface area is 97.6 Å². The van der Waals surface area contributed by atoms with Gasteiger partial charge in [0.25, 0.3) is 0 Å².